The molecule has 2 N–H and O–H groups in total. The van der Waals surface area contributed by atoms with Crippen molar-refractivity contribution >= 4 is 5.78 Å². The minimum atomic E-state index is -5.01. The maximum Gasteiger partial charge on any atom is 0.454 e. The number of carbonyl (C=O) groups is 1. The molecule has 2 atom stereocenters. The van der Waals surface area contributed by atoms with Crippen molar-refractivity contribution in [2.75, 3.05) is 0 Å². The molecular weight excluding hydrogens is 285 g/mol. The molecule has 0 aliphatic rings. The molecule has 0 fully saturated rings. The average Bonchev–Trinajstić information content (AvgIpc) is 2.36. The van der Waals surface area contributed by atoms with Gasteiger partial charge < -0.3 is 10.2 Å². The van der Waals surface area contributed by atoms with E-state index in [2.05, 4.69) is 0 Å². The van der Waals surface area contributed by atoms with Gasteiger partial charge in [0.15, 0.2) is 0 Å². The quantitative estimate of drug-likeness (QED) is 0.794. The molecule has 0 heterocycles. The van der Waals surface area contributed by atoms with Crippen LogP contribution < -0.4 is 0 Å². The van der Waals surface area contributed by atoms with E-state index < -0.39 is 29.2 Å². The lowest BCUT2D eigenvalue weighted by Crippen LogP contribution is -2.34. The van der Waals surface area contributed by atoms with Crippen molar-refractivity contribution in [1.82, 2.24) is 0 Å². The third-order valence-corrected chi connectivity index (χ3v) is 3.23. The van der Waals surface area contributed by atoms with Crippen LogP contribution in [0.25, 0.3) is 0 Å². The van der Waals surface area contributed by atoms with E-state index in [1.807, 2.05) is 0 Å². The average molecular weight is 304 g/mol. The number of hydrogen-bond donors (Lipinski definition) is 2. The number of halogens is 3. The fourth-order valence-corrected chi connectivity index (χ4v) is 2.49. The number of alkyl halides is 3. The van der Waals surface area contributed by atoms with Gasteiger partial charge in [-0.1, -0.05) is 37.6 Å². The van der Waals surface area contributed by atoms with Crippen molar-refractivity contribution in [3.05, 3.63) is 35.4 Å². The highest BCUT2D eigenvalue weighted by atomic mass is 19.4. The molecule has 0 saturated carbocycles. The molecule has 0 radical (unpaired) electrons. The molecule has 21 heavy (non-hydrogen) atoms. The van der Waals surface area contributed by atoms with Gasteiger partial charge in [-0.2, -0.15) is 13.2 Å². The molecule has 1 rings (SSSR count). The molecule has 0 aliphatic heterocycles. The van der Waals surface area contributed by atoms with Crippen LogP contribution in [-0.4, -0.2) is 28.3 Å². The predicted molar refractivity (Wildman–Crippen MR) is 71.9 cm³/mol. The first-order valence-electron chi connectivity index (χ1n) is 6.73. The Morgan fingerprint density at radius 3 is 2.33 bits per heavy atom. The van der Waals surface area contributed by atoms with E-state index in [0.717, 1.165) is 6.07 Å². The van der Waals surface area contributed by atoms with Crippen molar-refractivity contribution in [3.63, 3.8) is 0 Å². The summed E-state index contributed by atoms with van der Waals surface area (Å²) in [6, 6.07) is 5.13. The van der Waals surface area contributed by atoms with Gasteiger partial charge in [0.05, 0.1) is 11.7 Å². The van der Waals surface area contributed by atoms with Crippen LogP contribution in [0, 0.1) is 0 Å². The predicted octanol–water partition coefficient (Wildman–Crippen LogP) is 3.19. The first kappa shape index (κ1) is 17.7. The molecule has 1 aromatic carbocycles. The SMILES string of the molecule is CCCC(O)(CC(C)O)c1ccccc1C(=O)C(F)(F)F. The zero-order valence-electron chi connectivity index (χ0n) is 11.9. The van der Waals surface area contributed by atoms with E-state index in [-0.39, 0.29) is 18.4 Å². The number of ketones is 1. The maximum absolute atomic E-state index is 12.7. The second-order valence-corrected chi connectivity index (χ2v) is 5.21. The summed E-state index contributed by atoms with van der Waals surface area (Å²) >= 11 is 0. The van der Waals surface area contributed by atoms with E-state index in [9.17, 15) is 28.2 Å². The molecule has 0 aliphatic carbocycles. The van der Waals surface area contributed by atoms with Gasteiger partial charge in [-0.25, -0.2) is 0 Å². The molecule has 2 unspecified atom stereocenters. The van der Waals surface area contributed by atoms with Gasteiger partial charge in [-0.15, -0.1) is 0 Å². The van der Waals surface area contributed by atoms with E-state index in [1.165, 1.54) is 25.1 Å². The fourth-order valence-electron chi connectivity index (χ4n) is 2.49. The van der Waals surface area contributed by atoms with Gasteiger partial charge in [0.2, 0.25) is 0 Å². The number of carbonyl (C=O) groups excluding carboxylic acids is 1. The van der Waals surface area contributed by atoms with Crippen LogP contribution in [0.3, 0.4) is 0 Å². The maximum atomic E-state index is 12.7. The highest BCUT2D eigenvalue weighted by molar-refractivity contribution is 6.01. The van der Waals surface area contributed by atoms with E-state index in [4.69, 9.17) is 0 Å². The molecule has 0 saturated heterocycles. The standard InChI is InChI=1S/C15H19F3O3/c1-3-8-14(21,9-10(2)19)12-7-5-4-6-11(12)13(20)15(16,17)18/h4-7,10,19,21H,3,8-9H2,1-2H3. The van der Waals surface area contributed by atoms with E-state index in [0.29, 0.717) is 6.42 Å². The summed E-state index contributed by atoms with van der Waals surface area (Å²) in [7, 11) is 0. The number of aliphatic hydroxyl groups excluding tert-OH is 1. The lowest BCUT2D eigenvalue weighted by Gasteiger charge is -2.31. The Balaban J connectivity index is 3.36. The second-order valence-electron chi connectivity index (χ2n) is 5.21. The van der Waals surface area contributed by atoms with Gasteiger partial charge in [-0.05, 0) is 18.9 Å². The summed E-state index contributed by atoms with van der Waals surface area (Å²) in [6.45, 7) is 3.20. The molecule has 118 valence electrons. The number of rotatable bonds is 6. The zero-order chi connectivity index (χ0) is 16.3. The molecule has 3 nitrogen and oxygen atoms in total. The van der Waals surface area contributed by atoms with Crippen LogP contribution in [0.15, 0.2) is 24.3 Å². The number of Topliss-reactive ketones (excluding diaryl/α,β-unsaturated/α-hetero) is 1. The number of benzene rings is 1. The summed E-state index contributed by atoms with van der Waals surface area (Å²) in [4.78, 5) is 11.5. The van der Waals surface area contributed by atoms with E-state index >= 15 is 0 Å². The molecule has 0 aromatic heterocycles. The molecular formula is C15H19F3O3. The van der Waals surface area contributed by atoms with Crippen LogP contribution in [0.5, 0.6) is 0 Å². The first-order valence-corrected chi connectivity index (χ1v) is 6.73. The van der Waals surface area contributed by atoms with Crippen LogP contribution in [0.2, 0.25) is 0 Å². The van der Waals surface area contributed by atoms with Gasteiger partial charge in [-0.3, -0.25) is 4.79 Å². The second kappa shape index (κ2) is 6.58. The van der Waals surface area contributed by atoms with E-state index in [1.54, 1.807) is 6.92 Å². The van der Waals surface area contributed by atoms with Gasteiger partial charge in [0, 0.05) is 12.0 Å². The molecule has 0 amide bonds. The zero-order valence-corrected chi connectivity index (χ0v) is 11.9. The van der Waals surface area contributed by atoms with Gasteiger partial charge >= 0.3 is 6.18 Å². The summed E-state index contributed by atoms with van der Waals surface area (Å²) in [5, 5.41) is 20.2. The molecule has 6 heteroatoms. The Morgan fingerprint density at radius 1 is 1.29 bits per heavy atom. The summed E-state index contributed by atoms with van der Waals surface area (Å²) in [5.74, 6) is -1.99. The molecule has 0 spiro atoms. The van der Waals surface area contributed by atoms with Crippen molar-refractivity contribution in [3.8, 4) is 0 Å². The fraction of sp³-hybridized carbons (Fsp3) is 0.533. The van der Waals surface area contributed by atoms with Crippen molar-refractivity contribution in [2.45, 2.75) is 51.0 Å². The minimum Gasteiger partial charge on any atom is -0.393 e. The monoisotopic (exact) mass is 304 g/mol. The van der Waals surface area contributed by atoms with Crippen LogP contribution >= 0.6 is 0 Å². The third-order valence-electron chi connectivity index (χ3n) is 3.23. The lowest BCUT2D eigenvalue weighted by atomic mass is 9.81. The van der Waals surface area contributed by atoms with Crippen molar-refractivity contribution < 1.29 is 28.2 Å². The number of hydrogen-bond acceptors (Lipinski definition) is 3. The number of aliphatic hydroxyl groups is 2. The Kier molecular flexibility index (Phi) is 5.53. The van der Waals surface area contributed by atoms with Crippen LogP contribution in [-0.2, 0) is 5.60 Å². The van der Waals surface area contributed by atoms with Crippen LogP contribution in [0.4, 0.5) is 13.2 Å². The Morgan fingerprint density at radius 2 is 1.86 bits per heavy atom. The largest absolute Gasteiger partial charge is 0.454 e. The minimum absolute atomic E-state index is 0.0879. The Labute approximate surface area is 121 Å². The molecule has 1 aromatic rings. The smallest absolute Gasteiger partial charge is 0.393 e. The Bertz CT molecular complexity index is 497. The van der Waals surface area contributed by atoms with Gasteiger partial charge in [0.25, 0.3) is 5.78 Å². The van der Waals surface area contributed by atoms with Crippen molar-refractivity contribution in [1.29, 1.82) is 0 Å². The first-order chi connectivity index (χ1) is 9.62. The van der Waals surface area contributed by atoms with Crippen molar-refractivity contribution in [2.24, 2.45) is 0 Å². The van der Waals surface area contributed by atoms with Gasteiger partial charge in [0.1, 0.15) is 0 Å². The summed E-state index contributed by atoms with van der Waals surface area (Å²) in [6.07, 6.45) is -5.40. The highest BCUT2D eigenvalue weighted by Crippen LogP contribution is 2.36. The van der Waals surface area contributed by atoms with Crippen LogP contribution in [0.1, 0.15) is 49.0 Å². The highest BCUT2D eigenvalue weighted by Gasteiger charge is 2.43. The third kappa shape index (κ3) is 4.28. The Hall–Kier alpha value is -1.40. The summed E-state index contributed by atoms with van der Waals surface area (Å²) in [5.41, 5.74) is -2.32. The summed E-state index contributed by atoms with van der Waals surface area (Å²) < 4.78 is 38.0. The molecule has 0 bridgehead atoms. The topological polar surface area (TPSA) is 57.5 Å². The normalized spacial score (nSPS) is 16.3. The lowest BCUT2D eigenvalue weighted by molar-refractivity contribution is -0.0890.